The molecule has 1 fully saturated rings. The largest absolute Gasteiger partial charge is 0.369 e. The van der Waals surface area contributed by atoms with Crippen molar-refractivity contribution in [3.8, 4) is 11.8 Å². The molecule has 1 aliphatic carbocycles. The maximum Gasteiger partial charge on any atom is 0.246 e. The van der Waals surface area contributed by atoms with Crippen molar-refractivity contribution in [3.05, 3.63) is 23.9 Å². The Morgan fingerprint density at radius 1 is 1.26 bits per heavy atom. The smallest absolute Gasteiger partial charge is 0.246 e. The second-order valence-corrected chi connectivity index (χ2v) is 8.79. The van der Waals surface area contributed by atoms with E-state index in [1.165, 1.54) is 23.8 Å². The number of likely N-dealkylation sites (N-methyl/N-ethyl adjacent to an activating group) is 2. The highest BCUT2D eigenvalue weighted by Crippen LogP contribution is 2.23. The third-order valence-corrected chi connectivity index (χ3v) is 5.28. The van der Waals surface area contributed by atoms with Crippen LogP contribution in [0.1, 0.15) is 51.5 Å². The fourth-order valence-electron chi connectivity index (χ4n) is 2.87. The van der Waals surface area contributed by atoms with Gasteiger partial charge in [-0.3, -0.25) is 9.59 Å². The molecule has 0 aromatic carbocycles. The fraction of sp³-hybridized carbons (Fsp3) is 0.600. The first-order valence-corrected chi connectivity index (χ1v) is 12.0. The van der Waals surface area contributed by atoms with Crippen LogP contribution < -0.4 is 16.0 Å². The quantitative estimate of drug-likeness (QED) is 0.231. The highest BCUT2D eigenvalue weighted by atomic mass is 16.2. The Morgan fingerprint density at radius 3 is 2.71 bits per heavy atom. The van der Waals surface area contributed by atoms with Crippen molar-refractivity contribution in [3.63, 3.8) is 0 Å². The third-order valence-electron chi connectivity index (χ3n) is 5.28. The van der Waals surface area contributed by atoms with Crippen LogP contribution in [0.25, 0.3) is 0 Å². The van der Waals surface area contributed by atoms with Crippen LogP contribution in [0.3, 0.4) is 0 Å². The molecule has 1 aromatic heterocycles. The summed E-state index contributed by atoms with van der Waals surface area (Å²) in [7, 11) is 5.49. The topological polar surface area (TPSA) is 102 Å². The first kappa shape index (κ1) is 27.1. The van der Waals surface area contributed by atoms with Crippen molar-refractivity contribution in [1.29, 1.82) is 0 Å². The van der Waals surface area contributed by atoms with Gasteiger partial charge in [0.05, 0.1) is 11.8 Å². The molecule has 0 spiro atoms. The van der Waals surface area contributed by atoms with Crippen LogP contribution in [0.2, 0.25) is 0 Å². The number of carbonyl (C=O) groups is 2. The lowest BCUT2D eigenvalue weighted by Gasteiger charge is -2.23. The zero-order valence-electron chi connectivity index (χ0n) is 21.1. The Balaban J connectivity index is 1.78. The van der Waals surface area contributed by atoms with Gasteiger partial charge in [-0.15, -0.1) is 0 Å². The predicted octanol–water partition coefficient (Wildman–Crippen LogP) is 2.09. The highest BCUT2D eigenvalue weighted by Gasteiger charge is 2.22. The van der Waals surface area contributed by atoms with Crippen molar-refractivity contribution in [2.45, 2.75) is 58.0 Å². The second kappa shape index (κ2) is 14.2. The number of amides is 2. The minimum atomic E-state index is -0.547. The number of nitrogens with one attached hydrogen (secondary N) is 3. The number of anilines is 2. The van der Waals surface area contributed by atoms with Crippen molar-refractivity contribution in [2.24, 2.45) is 0 Å². The molecule has 0 bridgehead atoms. The molecule has 2 rings (SSSR count). The van der Waals surface area contributed by atoms with Gasteiger partial charge < -0.3 is 25.8 Å². The summed E-state index contributed by atoms with van der Waals surface area (Å²) >= 11 is 0. The van der Waals surface area contributed by atoms with Gasteiger partial charge in [0, 0.05) is 45.2 Å². The van der Waals surface area contributed by atoms with Crippen LogP contribution >= 0.6 is 0 Å². The summed E-state index contributed by atoms with van der Waals surface area (Å²) in [4.78, 5) is 36.9. The van der Waals surface area contributed by atoms with E-state index in [1.54, 1.807) is 26.2 Å². The zero-order chi connectivity index (χ0) is 24.9. The average molecular weight is 470 g/mol. The van der Waals surface area contributed by atoms with Gasteiger partial charge in [0.25, 0.3) is 0 Å². The van der Waals surface area contributed by atoms with E-state index >= 15 is 0 Å². The summed E-state index contributed by atoms with van der Waals surface area (Å²) in [6.07, 6.45) is 9.71. The molecule has 0 aliphatic heterocycles. The van der Waals surface area contributed by atoms with Gasteiger partial charge in [-0.25, -0.2) is 4.98 Å². The van der Waals surface area contributed by atoms with Gasteiger partial charge in [0.1, 0.15) is 11.9 Å². The van der Waals surface area contributed by atoms with E-state index in [0.29, 0.717) is 37.9 Å². The summed E-state index contributed by atoms with van der Waals surface area (Å²) in [6.45, 7) is 5.82. The molecule has 186 valence electrons. The molecule has 0 unspecified atom stereocenters. The summed E-state index contributed by atoms with van der Waals surface area (Å²) in [5.41, 5.74) is 0.773. The van der Waals surface area contributed by atoms with Gasteiger partial charge in [0.2, 0.25) is 17.8 Å². The monoisotopic (exact) mass is 469 g/mol. The Morgan fingerprint density at radius 2 is 2.03 bits per heavy atom. The van der Waals surface area contributed by atoms with E-state index in [9.17, 15) is 9.59 Å². The van der Waals surface area contributed by atoms with Crippen molar-refractivity contribution < 1.29 is 9.59 Å². The molecule has 0 radical (unpaired) electrons. The maximum atomic E-state index is 12.4. The molecule has 0 saturated heterocycles. The Bertz CT molecular complexity index is 900. The predicted molar refractivity (Wildman–Crippen MR) is 137 cm³/mol. The summed E-state index contributed by atoms with van der Waals surface area (Å²) in [6, 6.07) is -0.0546. The SMILES string of the molecule is CCCNc1nc(NC2CC2)ncc1C#CCCCNC(=O)[C@H](C)N(C)C(=O)/C=C/CN(C)C. The number of carbonyl (C=O) groups excluding carboxylic acids is 2. The number of nitrogens with zero attached hydrogens (tertiary/aromatic N) is 4. The molecule has 1 atom stereocenters. The minimum Gasteiger partial charge on any atom is -0.369 e. The molecule has 34 heavy (non-hydrogen) atoms. The van der Waals surface area contributed by atoms with Gasteiger partial charge in [-0.05, 0) is 46.7 Å². The number of hydrogen-bond acceptors (Lipinski definition) is 7. The number of aromatic nitrogens is 2. The van der Waals surface area contributed by atoms with Gasteiger partial charge in [0.15, 0.2) is 0 Å². The average Bonchev–Trinajstić information content (AvgIpc) is 3.63. The fourth-order valence-corrected chi connectivity index (χ4v) is 2.87. The van der Waals surface area contributed by atoms with Gasteiger partial charge >= 0.3 is 0 Å². The van der Waals surface area contributed by atoms with E-state index in [0.717, 1.165) is 24.3 Å². The van der Waals surface area contributed by atoms with Crippen molar-refractivity contribution >= 4 is 23.6 Å². The van der Waals surface area contributed by atoms with Crippen LogP contribution in [-0.4, -0.2) is 84.4 Å². The maximum absolute atomic E-state index is 12.4. The first-order valence-electron chi connectivity index (χ1n) is 12.0. The molecule has 1 aliphatic rings. The Labute approximate surface area is 203 Å². The molecular weight excluding hydrogens is 430 g/mol. The molecular formula is C25H39N7O2. The number of unbranched alkanes of at least 4 members (excludes halogenated alkanes) is 1. The zero-order valence-corrected chi connectivity index (χ0v) is 21.1. The molecule has 9 nitrogen and oxygen atoms in total. The summed E-state index contributed by atoms with van der Waals surface area (Å²) in [5, 5.41) is 9.52. The molecule has 2 amide bonds. The Hall–Kier alpha value is -3.12. The molecule has 1 saturated carbocycles. The standard InChI is InChI=1S/C25H39N7O2/c1-6-15-26-23-20(18-28-25(30-23)29-21-13-14-21)11-8-7-9-16-27-24(34)19(2)32(5)22(33)12-10-17-31(3)4/h10,12,18-19,21H,6-7,9,13-17H2,1-5H3,(H,27,34)(H2,26,28,29,30)/b12-10+/t19-/m0/s1. The third kappa shape index (κ3) is 9.79. The summed E-state index contributed by atoms with van der Waals surface area (Å²) < 4.78 is 0. The Kier molecular flexibility index (Phi) is 11.3. The van der Waals surface area contributed by atoms with Crippen molar-refractivity contribution in [2.75, 3.05) is 51.4 Å². The highest BCUT2D eigenvalue weighted by molar-refractivity contribution is 5.92. The van der Waals surface area contributed by atoms with E-state index in [1.807, 2.05) is 19.0 Å². The normalized spacial score (nSPS) is 13.8. The number of rotatable bonds is 13. The second-order valence-electron chi connectivity index (χ2n) is 8.79. The first-order chi connectivity index (χ1) is 16.3. The molecule has 3 N–H and O–H groups in total. The number of hydrogen-bond donors (Lipinski definition) is 3. The lowest BCUT2D eigenvalue weighted by Crippen LogP contribution is -2.45. The van der Waals surface area contributed by atoms with Crippen LogP contribution in [-0.2, 0) is 9.59 Å². The van der Waals surface area contributed by atoms with Crippen LogP contribution in [0, 0.1) is 11.8 Å². The van der Waals surface area contributed by atoms with Gasteiger partial charge in [-0.1, -0.05) is 24.8 Å². The van der Waals surface area contributed by atoms with E-state index in [2.05, 4.69) is 44.7 Å². The molecule has 9 heteroatoms. The van der Waals surface area contributed by atoms with E-state index < -0.39 is 6.04 Å². The van der Waals surface area contributed by atoms with E-state index in [4.69, 9.17) is 0 Å². The van der Waals surface area contributed by atoms with Crippen molar-refractivity contribution in [1.82, 2.24) is 25.1 Å². The lowest BCUT2D eigenvalue weighted by atomic mass is 10.2. The molecule has 1 aromatic rings. The lowest BCUT2D eigenvalue weighted by molar-refractivity contribution is -0.135. The van der Waals surface area contributed by atoms with Crippen LogP contribution in [0.4, 0.5) is 11.8 Å². The van der Waals surface area contributed by atoms with Gasteiger partial charge in [-0.2, -0.15) is 4.98 Å². The molecule has 1 heterocycles. The minimum absolute atomic E-state index is 0.178. The van der Waals surface area contributed by atoms with Crippen LogP contribution in [0.15, 0.2) is 18.3 Å². The van der Waals surface area contributed by atoms with Crippen LogP contribution in [0.5, 0.6) is 0 Å². The van der Waals surface area contributed by atoms with E-state index in [-0.39, 0.29) is 11.8 Å². The summed E-state index contributed by atoms with van der Waals surface area (Å²) in [5.74, 6) is 7.32.